The topological polar surface area (TPSA) is 40.7 Å². The quantitative estimate of drug-likeness (QED) is 0.334. The highest BCUT2D eigenvalue weighted by Gasteiger charge is 2.17. The number of aromatic amines is 1. The normalized spacial score (nSPS) is 10.9. The van der Waals surface area contributed by atoms with Crippen molar-refractivity contribution in [2.24, 2.45) is 0 Å². The molecule has 0 atom stereocenters. The van der Waals surface area contributed by atoms with Gasteiger partial charge in [-0.3, -0.25) is 5.10 Å². The van der Waals surface area contributed by atoms with Gasteiger partial charge in [0.05, 0.1) is 10.6 Å². The molecule has 0 unspecified atom stereocenters. The van der Waals surface area contributed by atoms with Crippen LogP contribution < -0.4 is 5.32 Å². The van der Waals surface area contributed by atoms with Crippen molar-refractivity contribution in [2.75, 3.05) is 5.32 Å². The number of fused-ring (bicyclic) bond motifs is 1. The highest BCUT2D eigenvalue weighted by atomic mass is 32.2. The molecule has 0 saturated heterocycles. The van der Waals surface area contributed by atoms with E-state index >= 15 is 0 Å². The first-order chi connectivity index (χ1) is 14.4. The van der Waals surface area contributed by atoms with Crippen molar-refractivity contribution in [3.63, 3.8) is 0 Å². The lowest BCUT2D eigenvalue weighted by Gasteiger charge is -2.09. The van der Waals surface area contributed by atoms with Crippen molar-refractivity contribution >= 4 is 34.0 Å². The Bertz CT molecular complexity index is 1250. The molecule has 0 bridgehead atoms. The minimum Gasteiger partial charge on any atom is -0.338 e. The molecule has 5 aromatic rings. The van der Waals surface area contributed by atoms with Gasteiger partial charge in [-0.25, -0.2) is 0 Å². The van der Waals surface area contributed by atoms with Crippen molar-refractivity contribution in [3.05, 3.63) is 103 Å². The molecule has 0 saturated carbocycles. The van der Waals surface area contributed by atoms with E-state index in [1.54, 1.807) is 11.8 Å². The van der Waals surface area contributed by atoms with Crippen LogP contribution in [0.4, 0.5) is 11.5 Å². The third-order valence-electron chi connectivity index (χ3n) is 4.76. The Balaban J connectivity index is 1.57. The summed E-state index contributed by atoms with van der Waals surface area (Å²) in [7, 11) is 0. The molecular formula is C25H19N3S. The van der Waals surface area contributed by atoms with Gasteiger partial charge in [-0.1, -0.05) is 90.6 Å². The Kier molecular flexibility index (Phi) is 4.76. The van der Waals surface area contributed by atoms with Crippen LogP contribution in [-0.4, -0.2) is 10.2 Å². The first-order valence-electron chi connectivity index (χ1n) is 9.49. The number of anilines is 2. The molecule has 0 aliphatic carbocycles. The first-order valence-corrected chi connectivity index (χ1v) is 10.3. The molecule has 5 rings (SSSR count). The van der Waals surface area contributed by atoms with Crippen LogP contribution in [0.15, 0.2) is 113 Å². The van der Waals surface area contributed by atoms with E-state index in [1.807, 2.05) is 48.5 Å². The third-order valence-corrected chi connectivity index (χ3v) is 5.85. The molecule has 29 heavy (non-hydrogen) atoms. The molecule has 0 aliphatic heterocycles. The predicted octanol–water partition coefficient (Wildman–Crippen LogP) is 7.12. The van der Waals surface area contributed by atoms with E-state index in [0.717, 1.165) is 27.7 Å². The van der Waals surface area contributed by atoms with Crippen LogP contribution in [0.2, 0.25) is 0 Å². The van der Waals surface area contributed by atoms with Gasteiger partial charge in [0, 0.05) is 16.1 Å². The lowest BCUT2D eigenvalue weighted by molar-refractivity contribution is 1.10. The average molecular weight is 394 g/mol. The molecule has 1 heterocycles. The van der Waals surface area contributed by atoms with Gasteiger partial charge in [0.25, 0.3) is 0 Å². The summed E-state index contributed by atoms with van der Waals surface area (Å²) in [5.41, 5.74) is 3.14. The fourth-order valence-corrected chi connectivity index (χ4v) is 4.34. The number of rotatable bonds is 5. The largest absolute Gasteiger partial charge is 0.338 e. The Labute approximate surface area is 173 Å². The number of aromatic nitrogens is 2. The van der Waals surface area contributed by atoms with Gasteiger partial charge in [0.15, 0.2) is 5.82 Å². The maximum atomic E-state index is 4.59. The number of H-pyrrole nitrogens is 1. The van der Waals surface area contributed by atoms with E-state index in [9.17, 15) is 0 Å². The Hall–Kier alpha value is -3.50. The Morgan fingerprint density at radius 3 is 2.17 bits per heavy atom. The molecular weight excluding hydrogens is 374 g/mol. The van der Waals surface area contributed by atoms with Gasteiger partial charge in [0.2, 0.25) is 0 Å². The Morgan fingerprint density at radius 1 is 0.690 bits per heavy atom. The molecule has 2 N–H and O–H groups in total. The SMILES string of the molecule is c1ccc(Nc2n[nH]c(-c3ccccc3)c2Sc2ccc3ccccc3c2)cc1. The summed E-state index contributed by atoms with van der Waals surface area (Å²) >= 11 is 1.72. The van der Waals surface area contributed by atoms with Crippen LogP contribution >= 0.6 is 11.8 Å². The van der Waals surface area contributed by atoms with Crippen molar-refractivity contribution in [3.8, 4) is 11.3 Å². The standard InChI is InChI=1S/C25H19N3S/c1-3-10-19(11-4-1)23-24(25(28-27-23)26-21-13-5-2-6-14-21)29-22-16-15-18-9-7-8-12-20(18)17-22/h1-17H,(H2,26,27,28). The van der Waals surface area contributed by atoms with E-state index in [2.05, 4.69) is 70.1 Å². The second kappa shape index (κ2) is 7.86. The summed E-state index contributed by atoms with van der Waals surface area (Å²) in [5, 5.41) is 13.8. The number of benzene rings is 4. The highest BCUT2D eigenvalue weighted by molar-refractivity contribution is 7.99. The molecule has 0 radical (unpaired) electrons. The molecule has 140 valence electrons. The van der Waals surface area contributed by atoms with Crippen molar-refractivity contribution in [1.29, 1.82) is 0 Å². The molecule has 3 nitrogen and oxygen atoms in total. The smallest absolute Gasteiger partial charge is 0.166 e. The summed E-state index contributed by atoms with van der Waals surface area (Å²) in [6.45, 7) is 0. The number of para-hydroxylation sites is 1. The second-order valence-corrected chi connectivity index (χ2v) is 7.83. The predicted molar refractivity (Wildman–Crippen MR) is 122 cm³/mol. The lowest BCUT2D eigenvalue weighted by atomic mass is 10.1. The Morgan fingerprint density at radius 2 is 1.38 bits per heavy atom. The minimum atomic E-state index is 0.827. The minimum absolute atomic E-state index is 0.827. The van der Waals surface area contributed by atoms with Crippen molar-refractivity contribution < 1.29 is 0 Å². The third kappa shape index (κ3) is 3.75. The monoisotopic (exact) mass is 393 g/mol. The molecule has 1 aromatic heterocycles. The summed E-state index contributed by atoms with van der Waals surface area (Å²) < 4.78 is 0. The van der Waals surface area contributed by atoms with E-state index < -0.39 is 0 Å². The van der Waals surface area contributed by atoms with Gasteiger partial charge >= 0.3 is 0 Å². The van der Waals surface area contributed by atoms with Gasteiger partial charge in [-0.15, -0.1) is 0 Å². The van der Waals surface area contributed by atoms with Gasteiger partial charge < -0.3 is 5.32 Å². The molecule has 0 amide bonds. The first kappa shape index (κ1) is 17.6. The van der Waals surface area contributed by atoms with Crippen LogP contribution in [0, 0.1) is 0 Å². The zero-order valence-electron chi connectivity index (χ0n) is 15.7. The van der Waals surface area contributed by atoms with Crippen molar-refractivity contribution in [2.45, 2.75) is 9.79 Å². The number of nitrogens with one attached hydrogen (secondary N) is 2. The highest BCUT2D eigenvalue weighted by Crippen LogP contribution is 2.41. The zero-order chi connectivity index (χ0) is 19.5. The number of nitrogens with zero attached hydrogens (tertiary/aromatic N) is 1. The van der Waals surface area contributed by atoms with Crippen LogP contribution in [0.1, 0.15) is 0 Å². The zero-order valence-corrected chi connectivity index (χ0v) is 16.5. The fraction of sp³-hybridized carbons (Fsp3) is 0. The van der Waals surface area contributed by atoms with Crippen LogP contribution in [0.3, 0.4) is 0 Å². The van der Waals surface area contributed by atoms with Gasteiger partial charge in [0.1, 0.15) is 0 Å². The van der Waals surface area contributed by atoms with Crippen LogP contribution in [-0.2, 0) is 0 Å². The van der Waals surface area contributed by atoms with E-state index in [1.165, 1.54) is 15.7 Å². The summed E-state index contributed by atoms with van der Waals surface area (Å²) in [4.78, 5) is 2.26. The molecule has 0 spiro atoms. The molecule has 0 aliphatic rings. The van der Waals surface area contributed by atoms with Crippen LogP contribution in [0.25, 0.3) is 22.0 Å². The molecule has 4 heteroatoms. The van der Waals surface area contributed by atoms with E-state index in [-0.39, 0.29) is 0 Å². The van der Waals surface area contributed by atoms with Crippen molar-refractivity contribution in [1.82, 2.24) is 10.2 Å². The van der Waals surface area contributed by atoms with E-state index in [0.29, 0.717) is 0 Å². The lowest BCUT2D eigenvalue weighted by Crippen LogP contribution is -1.92. The maximum absolute atomic E-state index is 4.59. The van der Waals surface area contributed by atoms with Gasteiger partial charge in [-0.05, 0) is 35.0 Å². The second-order valence-electron chi connectivity index (χ2n) is 6.74. The van der Waals surface area contributed by atoms with Crippen LogP contribution in [0.5, 0.6) is 0 Å². The summed E-state index contributed by atoms with van der Waals surface area (Å²) in [6, 6.07) is 35.5. The fourth-order valence-electron chi connectivity index (χ4n) is 3.32. The number of hydrogen-bond acceptors (Lipinski definition) is 3. The van der Waals surface area contributed by atoms with Gasteiger partial charge in [-0.2, -0.15) is 5.10 Å². The number of hydrogen-bond donors (Lipinski definition) is 2. The van der Waals surface area contributed by atoms with E-state index in [4.69, 9.17) is 0 Å². The molecule has 0 fully saturated rings. The summed E-state index contributed by atoms with van der Waals surface area (Å²) in [5.74, 6) is 0.827. The molecule has 4 aromatic carbocycles. The average Bonchev–Trinajstić information content (AvgIpc) is 3.17. The maximum Gasteiger partial charge on any atom is 0.166 e. The summed E-state index contributed by atoms with van der Waals surface area (Å²) in [6.07, 6.45) is 0.